The van der Waals surface area contributed by atoms with Crippen LogP contribution in [-0.4, -0.2) is 15.4 Å². The SMILES string of the molecule is N#C/C(C(=O)NCc1ccccc1)=c1/s/c(=C/c2cccc([N+](=O)[O-])c2)c(=O)n1-c1ccccc1. The van der Waals surface area contributed by atoms with Gasteiger partial charge in [0.15, 0.2) is 5.57 Å². The minimum atomic E-state index is -0.607. The van der Waals surface area contributed by atoms with Crippen molar-refractivity contribution < 1.29 is 9.72 Å². The van der Waals surface area contributed by atoms with E-state index in [0.29, 0.717) is 11.3 Å². The number of para-hydroxylation sites is 1. The number of nitrogens with one attached hydrogen (secondary N) is 1. The first kappa shape index (κ1) is 23.4. The lowest BCUT2D eigenvalue weighted by Crippen LogP contribution is -2.33. The molecule has 0 bridgehead atoms. The standard InChI is InChI=1S/C26H18N4O4S/c27-16-22(24(31)28-17-18-8-3-1-4-9-18)26-29(20-11-5-2-6-12-20)25(32)23(35-26)15-19-10-7-13-21(14-19)30(33)34/h1-15H,17H2,(H,28,31)/b23-15+,26-22-. The molecule has 4 aromatic rings. The van der Waals surface area contributed by atoms with Crippen molar-refractivity contribution >= 4 is 34.6 Å². The van der Waals surface area contributed by atoms with Gasteiger partial charge in [-0.2, -0.15) is 5.26 Å². The Labute approximate surface area is 203 Å². The third kappa shape index (κ3) is 5.24. The Kier molecular flexibility index (Phi) is 6.95. The summed E-state index contributed by atoms with van der Waals surface area (Å²) in [5.74, 6) is -0.607. The lowest BCUT2D eigenvalue weighted by Gasteiger charge is -2.06. The summed E-state index contributed by atoms with van der Waals surface area (Å²) in [6.07, 6.45) is 1.51. The number of nitrogens with zero attached hydrogens (tertiary/aromatic N) is 3. The number of carbonyl (C=O) groups excluding carboxylic acids is 1. The fourth-order valence-corrected chi connectivity index (χ4v) is 4.51. The monoisotopic (exact) mass is 482 g/mol. The van der Waals surface area contributed by atoms with E-state index < -0.39 is 16.4 Å². The van der Waals surface area contributed by atoms with Crippen LogP contribution in [0, 0.1) is 21.4 Å². The second-order valence-electron chi connectivity index (χ2n) is 7.40. The molecule has 0 aliphatic heterocycles. The zero-order valence-electron chi connectivity index (χ0n) is 18.3. The lowest BCUT2D eigenvalue weighted by atomic mass is 10.2. The molecule has 4 rings (SSSR count). The van der Waals surface area contributed by atoms with Crippen molar-refractivity contribution in [1.82, 2.24) is 9.88 Å². The van der Waals surface area contributed by atoms with Crippen LogP contribution < -0.4 is 20.1 Å². The molecule has 0 aliphatic carbocycles. The summed E-state index contributed by atoms with van der Waals surface area (Å²) in [5.41, 5.74) is 1.06. The van der Waals surface area contributed by atoms with Gasteiger partial charge in [-0.15, -0.1) is 11.3 Å². The van der Waals surface area contributed by atoms with E-state index >= 15 is 0 Å². The van der Waals surface area contributed by atoms with Crippen LogP contribution >= 0.6 is 11.3 Å². The van der Waals surface area contributed by atoms with Gasteiger partial charge in [0, 0.05) is 18.7 Å². The van der Waals surface area contributed by atoms with Gasteiger partial charge in [0.1, 0.15) is 10.7 Å². The molecule has 8 nitrogen and oxygen atoms in total. The van der Waals surface area contributed by atoms with Crippen LogP contribution in [0.25, 0.3) is 17.3 Å². The number of amides is 1. The highest BCUT2D eigenvalue weighted by molar-refractivity contribution is 7.07. The molecule has 0 atom stereocenters. The van der Waals surface area contributed by atoms with E-state index in [1.807, 2.05) is 36.4 Å². The fourth-order valence-electron chi connectivity index (χ4n) is 3.40. The number of nitro groups is 1. The number of nitro benzene ring substituents is 1. The molecule has 1 aromatic heterocycles. The molecule has 9 heteroatoms. The highest BCUT2D eigenvalue weighted by Gasteiger charge is 2.17. The molecule has 1 heterocycles. The smallest absolute Gasteiger partial charge is 0.273 e. The van der Waals surface area contributed by atoms with E-state index in [0.717, 1.165) is 16.9 Å². The van der Waals surface area contributed by atoms with Crippen molar-refractivity contribution in [1.29, 1.82) is 5.26 Å². The number of rotatable bonds is 6. The van der Waals surface area contributed by atoms with E-state index in [2.05, 4.69) is 5.32 Å². The molecule has 0 radical (unpaired) electrons. The first-order valence-corrected chi connectivity index (χ1v) is 11.3. The molecule has 0 unspecified atom stereocenters. The number of hydrogen-bond donors (Lipinski definition) is 1. The summed E-state index contributed by atoms with van der Waals surface area (Å²) in [6.45, 7) is 0.221. The number of non-ortho nitro benzene ring substituents is 1. The highest BCUT2D eigenvalue weighted by atomic mass is 32.1. The topological polar surface area (TPSA) is 118 Å². The third-order valence-corrected chi connectivity index (χ3v) is 6.16. The number of hydrogen-bond acceptors (Lipinski definition) is 6. The third-order valence-electron chi connectivity index (χ3n) is 5.07. The normalized spacial score (nSPS) is 12.0. The Morgan fingerprint density at radius 1 is 1.06 bits per heavy atom. The molecule has 172 valence electrons. The quantitative estimate of drug-likeness (QED) is 0.335. The molecule has 0 aliphatic rings. The Balaban J connectivity index is 1.88. The number of thiazole rings is 1. The minimum absolute atomic E-state index is 0.108. The Morgan fingerprint density at radius 3 is 2.40 bits per heavy atom. The van der Waals surface area contributed by atoms with Crippen LogP contribution in [0.1, 0.15) is 11.1 Å². The van der Waals surface area contributed by atoms with E-state index in [-0.39, 0.29) is 27.0 Å². The second-order valence-corrected chi connectivity index (χ2v) is 8.43. The number of nitriles is 1. The van der Waals surface area contributed by atoms with Gasteiger partial charge in [0.05, 0.1) is 15.1 Å². The maximum absolute atomic E-state index is 13.4. The molecule has 0 fully saturated rings. The fraction of sp³-hybridized carbons (Fsp3) is 0.0385. The van der Waals surface area contributed by atoms with Gasteiger partial charge in [-0.05, 0) is 29.3 Å². The second kappa shape index (κ2) is 10.4. The van der Waals surface area contributed by atoms with E-state index in [4.69, 9.17) is 0 Å². The Morgan fingerprint density at radius 2 is 1.74 bits per heavy atom. The summed E-state index contributed by atoms with van der Waals surface area (Å²) in [4.78, 5) is 37.0. The van der Waals surface area contributed by atoms with E-state index in [1.54, 1.807) is 36.4 Å². The molecular weight excluding hydrogens is 464 g/mol. The van der Waals surface area contributed by atoms with Crippen molar-refractivity contribution in [3.05, 3.63) is 126 Å². The Bertz CT molecular complexity index is 1620. The van der Waals surface area contributed by atoms with E-state index in [1.165, 1.54) is 28.8 Å². The van der Waals surface area contributed by atoms with Crippen LogP contribution in [0.2, 0.25) is 0 Å². The zero-order valence-corrected chi connectivity index (χ0v) is 19.1. The van der Waals surface area contributed by atoms with Crippen molar-refractivity contribution in [3.8, 4) is 11.8 Å². The number of carbonyl (C=O) groups is 1. The van der Waals surface area contributed by atoms with Gasteiger partial charge >= 0.3 is 0 Å². The Hall–Kier alpha value is -4.81. The van der Waals surface area contributed by atoms with Crippen LogP contribution in [0.15, 0.2) is 89.7 Å². The van der Waals surface area contributed by atoms with Gasteiger partial charge in [-0.1, -0.05) is 60.7 Å². The molecule has 35 heavy (non-hydrogen) atoms. The van der Waals surface area contributed by atoms with Crippen molar-refractivity contribution in [3.63, 3.8) is 0 Å². The summed E-state index contributed by atoms with van der Waals surface area (Å²) in [6, 6.07) is 25.8. The first-order valence-electron chi connectivity index (χ1n) is 10.5. The van der Waals surface area contributed by atoms with Crippen LogP contribution in [-0.2, 0) is 11.3 Å². The molecule has 1 amide bonds. The van der Waals surface area contributed by atoms with Crippen molar-refractivity contribution in [2.24, 2.45) is 0 Å². The summed E-state index contributed by atoms with van der Waals surface area (Å²) >= 11 is 0.977. The maximum atomic E-state index is 13.4. The zero-order chi connectivity index (χ0) is 24.8. The maximum Gasteiger partial charge on any atom is 0.273 e. The van der Waals surface area contributed by atoms with Crippen molar-refractivity contribution in [2.45, 2.75) is 6.54 Å². The van der Waals surface area contributed by atoms with Gasteiger partial charge in [-0.25, -0.2) is 0 Å². The predicted molar refractivity (Wildman–Crippen MR) is 133 cm³/mol. The summed E-state index contributed by atoms with van der Waals surface area (Å²) in [5, 5.41) is 23.7. The number of benzene rings is 3. The van der Waals surface area contributed by atoms with Crippen molar-refractivity contribution in [2.75, 3.05) is 0 Å². The van der Waals surface area contributed by atoms with Crippen LogP contribution in [0.5, 0.6) is 0 Å². The van der Waals surface area contributed by atoms with Gasteiger partial charge in [-0.3, -0.25) is 24.3 Å². The van der Waals surface area contributed by atoms with Crippen LogP contribution in [0.3, 0.4) is 0 Å². The largest absolute Gasteiger partial charge is 0.347 e. The average Bonchev–Trinajstić information content (AvgIpc) is 3.19. The number of aromatic nitrogens is 1. The lowest BCUT2D eigenvalue weighted by molar-refractivity contribution is -0.384. The molecule has 1 N–H and O–H groups in total. The minimum Gasteiger partial charge on any atom is -0.347 e. The first-order chi connectivity index (χ1) is 17.0. The molecule has 0 spiro atoms. The van der Waals surface area contributed by atoms with Gasteiger partial charge < -0.3 is 5.32 Å². The van der Waals surface area contributed by atoms with Gasteiger partial charge in [0.2, 0.25) is 0 Å². The summed E-state index contributed by atoms with van der Waals surface area (Å²) in [7, 11) is 0. The molecule has 3 aromatic carbocycles. The summed E-state index contributed by atoms with van der Waals surface area (Å²) < 4.78 is 1.72. The average molecular weight is 483 g/mol. The highest BCUT2D eigenvalue weighted by Crippen LogP contribution is 2.13. The molecular formula is C26H18N4O4S. The van der Waals surface area contributed by atoms with Crippen LogP contribution in [0.4, 0.5) is 5.69 Å². The predicted octanol–water partition coefficient (Wildman–Crippen LogP) is 2.63. The van der Waals surface area contributed by atoms with Gasteiger partial charge in [0.25, 0.3) is 17.2 Å². The molecule has 0 saturated carbocycles. The van der Waals surface area contributed by atoms with E-state index in [9.17, 15) is 25.0 Å². The molecule has 0 saturated heterocycles.